The maximum absolute atomic E-state index is 13.2. The fraction of sp³-hybridized carbons (Fsp3) is 0.552. The summed E-state index contributed by atoms with van der Waals surface area (Å²) < 4.78 is 5.86. The van der Waals surface area contributed by atoms with E-state index in [2.05, 4.69) is 47.6 Å². The van der Waals surface area contributed by atoms with Crippen molar-refractivity contribution < 1.29 is 14.6 Å². The van der Waals surface area contributed by atoms with Crippen molar-refractivity contribution in [2.24, 2.45) is 0 Å². The van der Waals surface area contributed by atoms with Crippen LogP contribution >= 0.6 is 0 Å². The van der Waals surface area contributed by atoms with Crippen LogP contribution in [0.2, 0.25) is 0 Å². The number of hydrogen-bond donors (Lipinski definition) is 1. The van der Waals surface area contributed by atoms with E-state index in [9.17, 15) is 9.90 Å². The second-order valence-electron chi connectivity index (χ2n) is 13.0. The van der Waals surface area contributed by atoms with Gasteiger partial charge in [-0.1, -0.05) is 89.2 Å². The predicted molar refractivity (Wildman–Crippen MR) is 134 cm³/mol. The Labute approximate surface area is 195 Å². The van der Waals surface area contributed by atoms with Gasteiger partial charge in [0.15, 0.2) is 0 Å². The van der Waals surface area contributed by atoms with E-state index >= 15 is 0 Å². The van der Waals surface area contributed by atoms with E-state index in [1.807, 2.05) is 53.7 Å². The normalized spacial score (nSPS) is 13.2. The van der Waals surface area contributed by atoms with Crippen LogP contribution in [0.4, 0.5) is 0 Å². The van der Waals surface area contributed by atoms with Gasteiger partial charge in [-0.25, -0.2) is 4.79 Å². The zero-order valence-corrected chi connectivity index (χ0v) is 22.2. The summed E-state index contributed by atoms with van der Waals surface area (Å²) in [7, 11) is 0. The molecule has 0 heterocycles. The number of phenolic OH excluding ortho intramolecular Hbond substituents is 1. The monoisotopic (exact) mass is 438 g/mol. The van der Waals surface area contributed by atoms with Gasteiger partial charge in [-0.15, -0.1) is 0 Å². The van der Waals surface area contributed by atoms with Crippen LogP contribution in [-0.4, -0.2) is 11.1 Å². The first kappa shape index (κ1) is 26.0. The van der Waals surface area contributed by atoms with Gasteiger partial charge in [0, 0.05) is 11.1 Å². The Balaban J connectivity index is 2.56. The maximum Gasteiger partial charge on any atom is 0.343 e. The Morgan fingerprint density at radius 3 is 1.41 bits per heavy atom. The molecule has 0 aliphatic carbocycles. The van der Waals surface area contributed by atoms with Gasteiger partial charge < -0.3 is 9.84 Å². The Morgan fingerprint density at radius 2 is 1.03 bits per heavy atom. The topological polar surface area (TPSA) is 46.5 Å². The Bertz CT molecular complexity index is 966. The van der Waals surface area contributed by atoms with E-state index in [1.165, 1.54) is 11.1 Å². The minimum atomic E-state index is -0.413. The molecule has 0 bridgehead atoms. The van der Waals surface area contributed by atoms with Crippen molar-refractivity contribution in [3.63, 3.8) is 0 Å². The number of benzene rings is 2. The smallest absolute Gasteiger partial charge is 0.343 e. The van der Waals surface area contributed by atoms with Crippen LogP contribution in [0, 0.1) is 0 Å². The number of aromatic hydroxyl groups is 1. The number of rotatable bonds is 2. The van der Waals surface area contributed by atoms with Crippen molar-refractivity contribution in [1.82, 2.24) is 0 Å². The van der Waals surface area contributed by atoms with Crippen molar-refractivity contribution >= 4 is 5.97 Å². The van der Waals surface area contributed by atoms with E-state index in [4.69, 9.17) is 4.74 Å². The molecule has 0 aliphatic heterocycles. The number of carbonyl (C=O) groups excluding carboxylic acids is 1. The average Bonchev–Trinajstić information content (AvgIpc) is 2.58. The molecule has 0 radical (unpaired) electrons. The van der Waals surface area contributed by atoms with Crippen molar-refractivity contribution in [3.8, 4) is 11.5 Å². The van der Waals surface area contributed by atoms with Gasteiger partial charge in [-0.05, 0) is 57.1 Å². The van der Waals surface area contributed by atoms with E-state index in [-0.39, 0.29) is 27.4 Å². The number of hydrogen-bond acceptors (Lipinski definition) is 3. The summed E-state index contributed by atoms with van der Waals surface area (Å²) in [5.74, 6) is 0.381. The van der Waals surface area contributed by atoms with Gasteiger partial charge in [-0.2, -0.15) is 0 Å². The molecule has 1 N–H and O–H groups in total. The van der Waals surface area contributed by atoms with E-state index < -0.39 is 5.97 Å². The third kappa shape index (κ3) is 5.74. The van der Waals surface area contributed by atoms with Crippen LogP contribution in [0.3, 0.4) is 0 Å². The predicted octanol–water partition coefficient (Wildman–Crippen LogP) is 7.80. The molecule has 3 nitrogen and oxygen atoms in total. The molecular formula is C29H42O3. The molecule has 0 unspecified atom stereocenters. The highest BCUT2D eigenvalue weighted by atomic mass is 16.5. The lowest BCUT2D eigenvalue weighted by atomic mass is 9.75. The van der Waals surface area contributed by atoms with Gasteiger partial charge in [-0.3, -0.25) is 0 Å². The summed E-state index contributed by atoms with van der Waals surface area (Å²) in [5.41, 5.74) is 3.66. The largest absolute Gasteiger partial charge is 0.507 e. The van der Waals surface area contributed by atoms with Gasteiger partial charge >= 0.3 is 5.97 Å². The molecule has 176 valence electrons. The maximum atomic E-state index is 13.2. The Morgan fingerprint density at radius 1 is 0.625 bits per heavy atom. The average molecular weight is 439 g/mol. The summed E-state index contributed by atoms with van der Waals surface area (Å²) in [6.45, 7) is 25.3. The SMILES string of the molecule is CC(C)(C)c1ccc(OC(=O)c2cc(C(C)(C)C)c(O)c(C(C)(C)C)c2)cc1C(C)(C)C. The second kappa shape index (κ2) is 8.24. The number of ether oxygens (including phenoxy) is 1. The first-order chi connectivity index (χ1) is 14.2. The quantitative estimate of drug-likeness (QED) is 0.384. The molecule has 0 atom stereocenters. The minimum Gasteiger partial charge on any atom is -0.507 e. The highest BCUT2D eigenvalue weighted by Crippen LogP contribution is 2.40. The summed E-state index contributed by atoms with van der Waals surface area (Å²) in [4.78, 5) is 13.2. The van der Waals surface area contributed by atoms with Crippen molar-refractivity contribution in [1.29, 1.82) is 0 Å². The zero-order valence-electron chi connectivity index (χ0n) is 22.2. The van der Waals surface area contributed by atoms with Crippen LogP contribution in [0.5, 0.6) is 11.5 Å². The Kier molecular flexibility index (Phi) is 6.69. The number of phenols is 1. The summed E-state index contributed by atoms with van der Waals surface area (Å²) in [6, 6.07) is 9.47. The van der Waals surface area contributed by atoms with E-state index in [1.54, 1.807) is 12.1 Å². The zero-order chi connectivity index (χ0) is 24.9. The lowest BCUT2D eigenvalue weighted by Crippen LogP contribution is -2.22. The number of esters is 1. The van der Waals surface area contributed by atoms with Crippen LogP contribution in [0.15, 0.2) is 30.3 Å². The molecule has 2 rings (SSSR count). The van der Waals surface area contributed by atoms with Crippen LogP contribution in [0.25, 0.3) is 0 Å². The standard InChI is InChI=1S/C29H42O3/c1-26(2,3)20-14-13-19(17-21(20)27(4,5)6)32-25(31)18-15-22(28(7,8)9)24(30)23(16-18)29(10,11)12/h13-17,30H,1-12H3. The second-order valence-corrected chi connectivity index (χ2v) is 13.0. The molecule has 3 heteroatoms. The molecule has 0 fully saturated rings. The fourth-order valence-electron chi connectivity index (χ4n) is 3.92. The first-order valence-electron chi connectivity index (χ1n) is 11.5. The summed E-state index contributed by atoms with van der Waals surface area (Å²) in [5, 5.41) is 10.9. The van der Waals surface area contributed by atoms with E-state index in [0.29, 0.717) is 11.3 Å². The fourth-order valence-corrected chi connectivity index (χ4v) is 3.92. The molecule has 0 saturated carbocycles. The molecule has 2 aromatic carbocycles. The van der Waals surface area contributed by atoms with Gasteiger partial charge in [0.25, 0.3) is 0 Å². The van der Waals surface area contributed by atoms with Crippen LogP contribution in [-0.2, 0) is 21.7 Å². The molecule has 0 saturated heterocycles. The molecule has 0 spiro atoms. The highest BCUT2D eigenvalue weighted by Gasteiger charge is 2.29. The van der Waals surface area contributed by atoms with Crippen molar-refractivity contribution in [2.75, 3.05) is 0 Å². The molecule has 2 aromatic rings. The summed E-state index contributed by atoms with van der Waals surface area (Å²) >= 11 is 0. The van der Waals surface area contributed by atoms with Gasteiger partial charge in [0.1, 0.15) is 11.5 Å². The van der Waals surface area contributed by atoms with Crippen molar-refractivity contribution in [2.45, 2.75) is 105 Å². The summed E-state index contributed by atoms with van der Waals surface area (Å²) in [6.07, 6.45) is 0. The van der Waals surface area contributed by atoms with E-state index in [0.717, 1.165) is 11.1 Å². The Hall–Kier alpha value is -2.29. The third-order valence-corrected chi connectivity index (χ3v) is 5.78. The van der Waals surface area contributed by atoms with Crippen LogP contribution < -0.4 is 4.74 Å². The number of carbonyl (C=O) groups is 1. The molecule has 0 aliphatic rings. The van der Waals surface area contributed by atoms with Gasteiger partial charge in [0.2, 0.25) is 0 Å². The molecule has 0 amide bonds. The van der Waals surface area contributed by atoms with Crippen LogP contribution in [0.1, 0.15) is 116 Å². The lowest BCUT2D eigenvalue weighted by molar-refractivity contribution is 0.0734. The van der Waals surface area contributed by atoms with Crippen molar-refractivity contribution in [3.05, 3.63) is 58.1 Å². The first-order valence-corrected chi connectivity index (χ1v) is 11.5. The highest BCUT2D eigenvalue weighted by molar-refractivity contribution is 5.92. The third-order valence-electron chi connectivity index (χ3n) is 5.78. The molecule has 32 heavy (non-hydrogen) atoms. The minimum absolute atomic E-state index is 0.00860. The molecule has 0 aromatic heterocycles. The molecular weight excluding hydrogens is 396 g/mol. The van der Waals surface area contributed by atoms with Gasteiger partial charge in [0.05, 0.1) is 5.56 Å². The lowest BCUT2D eigenvalue weighted by Gasteiger charge is -2.30.